The number of sulfonamides is 1. The van der Waals surface area contributed by atoms with E-state index in [1.54, 1.807) is 37.7 Å². The summed E-state index contributed by atoms with van der Waals surface area (Å²) in [6.45, 7) is 3.42. The Bertz CT molecular complexity index is 1170. The van der Waals surface area contributed by atoms with Crippen LogP contribution in [0.3, 0.4) is 0 Å². The Labute approximate surface area is 203 Å². The molecule has 3 unspecified atom stereocenters. The number of nitrogens with zero attached hydrogens (tertiary/aromatic N) is 1. The molecule has 0 spiro atoms. The SMILES string of the molecule is COc1ccc(NS(=O)(=O)CCl)cc1NC1N=CC(Cl)C(Nc2ccccc2P(C)(C)=O)N1. The van der Waals surface area contributed by atoms with E-state index in [0.29, 0.717) is 17.1 Å². The van der Waals surface area contributed by atoms with E-state index in [0.717, 1.165) is 11.0 Å². The Morgan fingerprint density at radius 2 is 1.88 bits per heavy atom. The molecular weight excluding hydrogens is 508 g/mol. The molecule has 0 amide bonds. The van der Waals surface area contributed by atoms with Crippen molar-refractivity contribution in [3.8, 4) is 5.75 Å². The topological polar surface area (TPSA) is 121 Å². The van der Waals surface area contributed by atoms with Crippen LogP contribution in [0.4, 0.5) is 17.1 Å². The second-order valence-electron chi connectivity index (χ2n) is 7.69. The first-order valence-corrected chi connectivity index (χ1v) is 15.1. The molecule has 0 saturated heterocycles. The number of para-hydroxylation sites is 1. The van der Waals surface area contributed by atoms with Crippen molar-refractivity contribution < 1.29 is 17.7 Å². The number of anilines is 3. The highest BCUT2D eigenvalue weighted by Gasteiger charge is 2.27. The number of hydrogen-bond donors (Lipinski definition) is 4. The van der Waals surface area contributed by atoms with E-state index in [1.165, 1.54) is 7.11 Å². The standard InChI is InChI=1S/C20H26Cl2N5O4PS/c1-31-17-9-8-13(27-33(29,30)12-21)10-16(17)25-20-23-11-14(22)19(26-20)24-15-6-4-5-7-18(15)32(2,3)28/h4-11,14,19-20,24-27H,12H2,1-3H3. The fourth-order valence-electron chi connectivity index (χ4n) is 3.23. The van der Waals surface area contributed by atoms with Gasteiger partial charge in [-0.3, -0.25) is 15.0 Å². The largest absolute Gasteiger partial charge is 0.495 e. The van der Waals surface area contributed by atoms with Crippen LogP contribution in [0.1, 0.15) is 0 Å². The fourth-order valence-corrected chi connectivity index (χ4v) is 5.30. The van der Waals surface area contributed by atoms with Crippen LogP contribution in [-0.4, -0.2) is 58.1 Å². The van der Waals surface area contributed by atoms with E-state index >= 15 is 0 Å². The third-order valence-electron chi connectivity index (χ3n) is 4.74. The maximum Gasteiger partial charge on any atom is 0.246 e. The van der Waals surface area contributed by atoms with Crippen LogP contribution >= 0.6 is 30.3 Å². The number of nitrogens with one attached hydrogen (secondary N) is 4. The first-order chi connectivity index (χ1) is 15.5. The van der Waals surface area contributed by atoms with Gasteiger partial charge in [0, 0.05) is 17.2 Å². The van der Waals surface area contributed by atoms with Gasteiger partial charge in [-0.05, 0) is 43.7 Å². The summed E-state index contributed by atoms with van der Waals surface area (Å²) in [6, 6.07) is 12.1. The Morgan fingerprint density at radius 3 is 2.55 bits per heavy atom. The van der Waals surface area contributed by atoms with Gasteiger partial charge < -0.3 is 19.9 Å². The number of ether oxygens (including phenoxy) is 1. The number of alkyl halides is 2. The van der Waals surface area contributed by atoms with Crippen molar-refractivity contribution >= 4 is 68.9 Å². The molecule has 0 saturated carbocycles. The van der Waals surface area contributed by atoms with Crippen molar-refractivity contribution in [3.05, 3.63) is 42.5 Å². The molecule has 1 aliphatic rings. The summed E-state index contributed by atoms with van der Waals surface area (Å²) < 4.78 is 44.1. The van der Waals surface area contributed by atoms with Crippen LogP contribution in [0.25, 0.3) is 0 Å². The molecule has 1 heterocycles. The number of rotatable bonds is 9. The molecule has 13 heteroatoms. The molecular formula is C20H26Cl2N5O4PS. The summed E-state index contributed by atoms with van der Waals surface area (Å²) in [5.41, 5.74) is 1.54. The lowest BCUT2D eigenvalue weighted by molar-refractivity contribution is 0.414. The first kappa shape index (κ1) is 25.6. The molecule has 2 aromatic rings. The molecule has 180 valence electrons. The van der Waals surface area contributed by atoms with Gasteiger partial charge in [0.25, 0.3) is 0 Å². The van der Waals surface area contributed by atoms with E-state index in [4.69, 9.17) is 27.9 Å². The van der Waals surface area contributed by atoms with Crippen LogP contribution in [0.2, 0.25) is 0 Å². The third kappa shape index (κ3) is 6.77. The lowest BCUT2D eigenvalue weighted by Crippen LogP contribution is -2.54. The highest BCUT2D eigenvalue weighted by molar-refractivity contribution is 7.93. The monoisotopic (exact) mass is 533 g/mol. The molecule has 9 nitrogen and oxygen atoms in total. The molecule has 0 fully saturated rings. The molecule has 1 aliphatic heterocycles. The zero-order valence-electron chi connectivity index (χ0n) is 18.2. The van der Waals surface area contributed by atoms with Gasteiger partial charge in [0.2, 0.25) is 10.0 Å². The van der Waals surface area contributed by atoms with Gasteiger partial charge in [0.1, 0.15) is 29.6 Å². The van der Waals surface area contributed by atoms with Crippen LogP contribution < -0.4 is 30.7 Å². The Morgan fingerprint density at radius 1 is 1.15 bits per heavy atom. The summed E-state index contributed by atoms with van der Waals surface area (Å²) in [6.07, 6.45) is 0.562. The minimum Gasteiger partial charge on any atom is -0.495 e. The summed E-state index contributed by atoms with van der Waals surface area (Å²) in [5.74, 6) is 0.488. The zero-order chi connectivity index (χ0) is 24.2. The van der Waals surface area contributed by atoms with Crippen LogP contribution in [-0.2, 0) is 14.6 Å². The fraction of sp³-hybridized carbons (Fsp3) is 0.350. The summed E-state index contributed by atoms with van der Waals surface area (Å²) in [4.78, 5) is 4.38. The quantitative estimate of drug-likeness (QED) is 0.288. The van der Waals surface area contributed by atoms with Crippen molar-refractivity contribution in [1.29, 1.82) is 0 Å². The molecule has 33 heavy (non-hydrogen) atoms. The van der Waals surface area contributed by atoms with Crippen LogP contribution in [0.15, 0.2) is 47.5 Å². The number of benzene rings is 2. The number of aliphatic imine (C=N–C) groups is 1. The summed E-state index contributed by atoms with van der Waals surface area (Å²) in [7, 11) is -4.67. The lowest BCUT2D eigenvalue weighted by Gasteiger charge is -2.32. The number of hydrogen-bond acceptors (Lipinski definition) is 8. The van der Waals surface area contributed by atoms with Gasteiger partial charge >= 0.3 is 0 Å². The summed E-state index contributed by atoms with van der Waals surface area (Å²) in [5, 5.41) is 9.42. The van der Waals surface area contributed by atoms with E-state index in [2.05, 4.69) is 25.7 Å². The van der Waals surface area contributed by atoms with Gasteiger partial charge in [-0.1, -0.05) is 12.1 Å². The average Bonchev–Trinajstić information content (AvgIpc) is 2.76. The van der Waals surface area contributed by atoms with E-state index in [9.17, 15) is 13.0 Å². The van der Waals surface area contributed by atoms with Crippen molar-refractivity contribution in [3.63, 3.8) is 0 Å². The van der Waals surface area contributed by atoms with E-state index in [-0.39, 0.29) is 0 Å². The Kier molecular flexibility index (Phi) is 8.18. The normalized spacial score (nSPS) is 20.8. The molecule has 0 aliphatic carbocycles. The van der Waals surface area contributed by atoms with Gasteiger partial charge in [-0.2, -0.15) is 0 Å². The van der Waals surface area contributed by atoms with Crippen LogP contribution in [0, 0.1) is 0 Å². The molecule has 3 rings (SSSR count). The Hall–Kier alpha value is -1.97. The second-order valence-corrected chi connectivity index (χ2v) is 13.7. The number of methoxy groups -OCH3 is 1. The minimum atomic E-state index is -3.66. The van der Waals surface area contributed by atoms with Crippen molar-refractivity contribution in [2.45, 2.75) is 17.8 Å². The zero-order valence-corrected chi connectivity index (χ0v) is 21.5. The van der Waals surface area contributed by atoms with Gasteiger partial charge in [0.05, 0.1) is 18.5 Å². The van der Waals surface area contributed by atoms with Gasteiger partial charge in [-0.25, -0.2) is 8.42 Å². The molecule has 4 N–H and O–H groups in total. The van der Waals surface area contributed by atoms with Crippen LogP contribution in [0.5, 0.6) is 5.75 Å². The number of halogens is 2. The second kappa shape index (κ2) is 10.5. The first-order valence-electron chi connectivity index (χ1n) is 9.88. The maximum atomic E-state index is 12.7. The molecule has 0 aromatic heterocycles. The lowest BCUT2D eigenvalue weighted by atomic mass is 10.2. The molecule has 0 bridgehead atoms. The molecule has 2 aromatic carbocycles. The maximum absolute atomic E-state index is 12.7. The van der Waals surface area contributed by atoms with Crippen molar-refractivity contribution in [2.75, 3.05) is 41.0 Å². The average molecular weight is 534 g/mol. The van der Waals surface area contributed by atoms with Crippen molar-refractivity contribution in [2.24, 2.45) is 4.99 Å². The molecule has 0 radical (unpaired) electrons. The highest BCUT2D eigenvalue weighted by atomic mass is 35.5. The van der Waals surface area contributed by atoms with E-state index < -0.39 is 40.2 Å². The van der Waals surface area contributed by atoms with Gasteiger partial charge in [0.15, 0.2) is 6.29 Å². The third-order valence-corrected chi connectivity index (χ3v) is 8.35. The smallest absolute Gasteiger partial charge is 0.246 e. The summed E-state index contributed by atoms with van der Waals surface area (Å²) >= 11 is 11.9. The Balaban J connectivity index is 1.80. The highest BCUT2D eigenvalue weighted by Crippen LogP contribution is 2.38. The molecule has 3 atom stereocenters. The predicted octanol–water partition coefficient (Wildman–Crippen LogP) is 3.30. The minimum absolute atomic E-state index is 0.319. The predicted molar refractivity (Wildman–Crippen MR) is 138 cm³/mol. The van der Waals surface area contributed by atoms with E-state index in [1.807, 2.05) is 24.3 Å². The van der Waals surface area contributed by atoms with Gasteiger partial charge in [-0.15, -0.1) is 23.2 Å². The van der Waals surface area contributed by atoms with Crippen molar-refractivity contribution in [1.82, 2.24) is 5.32 Å².